The molecule has 2 rings (SSSR count). The van der Waals surface area contributed by atoms with E-state index < -0.39 is 17.9 Å². The Morgan fingerprint density at radius 1 is 1.21 bits per heavy atom. The predicted molar refractivity (Wildman–Crippen MR) is 116 cm³/mol. The van der Waals surface area contributed by atoms with Crippen LogP contribution in [0.15, 0.2) is 34.8 Å². The second-order valence-corrected chi connectivity index (χ2v) is 8.25. The molecule has 1 unspecified atom stereocenters. The minimum Gasteiger partial charge on any atom is -0.340 e. The third-order valence-electron chi connectivity index (χ3n) is 4.07. The number of amides is 3. The number of aromatic nitrogens is 2. The highest BCUT2D eigenvalue weighted by Crippen LogP contribution is 2.16. The van der Waals surface area contributed by atoms with Crippen LogP contribution in [0.1, 0.15) is 28.2 Å². The molecular formula is C19H24BrN5O3S. The first-order valence-corrected chi connectivity index (χ1v) is 11.1. The van der Waals surface area contributed by atoms with Crippen molar-refractivity contribution in [3.63, 3.8) is 0 Å². The van der Waals surface area contributed by atoms with Crippen LogP contribution in [0.25, 0.3) is 0 Å². The minimum atomic E-state index is -0.781. The summed E-state index contributed by atoms with van der Waals surface area (Å²) in [5.74, 6) is -0.590. The van der Waals surface area contributed by atoms with Gasteiger partial charge in [0, 0.05) is 10.2 Å². The molecule has 2 aromatic rings. The van der Waals surface area contributed by atoms with E-state index in [4.69, 9.17) is 0 Å². The summed E-state index contributed by atoms with van der Waals surface area (Å²) in [6.45, 7) is 3.67. The van der Waals surface area contributed by atoms with Gasteiger partial charge in [-0.3, -0.25) is 29.9 Å². The van der Waals surface area contributed by atoms with Crippen molar-refractivity contribution in [1.29, 1.82) is 0 Å². The van der Waals surface area contributed by atoms with Crippen LogP contribution in [0.5, 0.6) is 0 Å². The molecular weight excluding hydrogens is 458 g/mol. The third kappa shape index (κ3) is 6.90. The summed E-state index contributed by atoms with van der Waals surface area (Å²) < 4.78 is 2.19. The molecule has 0 saturated heterocycles. The summed E-state index contributed by atoms with van der Waals surface area (Å²) in [7, 11) is 0. The van der Waals surface area contributed by atoms with Gasteiger partial charge >= 0.3 is 0 Å². The zero-order valence-corrected chi connectivity index (χ0v) is 18.9. The van der Waals surface area contributed by atoms with Crippen LogP contribution in [0.3, 0.4) is 0 Å². The van der Waals surface area contributed by atoms with Crippen molar-refractivity contribution in [2.75, 3.05) is 12.0 Å². The standard InChI is InChI=1S/C19H24BrN5O3S/c1-12-10-13(2)25(24-12)11-17(26)22-23-19(28)16(8-9-29-3)21-18(27)14-6-4-5-7-15(14)20/h4-7,10,16H,8-9,11H2,1-3H3,(H,21,27)(H,22,26)(H,23,28). The topological polar surface area (TPSA) is 105 Å². The summed E-state index contributed by atoms with van der Waals surface area (Å²) in [6, 6.07) is 8.05. The fourth-order valence-corrected chi connectivity index (χ4v) is 3.55. The SMILES string of the molecule is CSCCC(NC(=O)c1ccccc1Br)C(=O)NNC(=O)Cn1nc(C)cc1C. The second-order valence-electron chi connectivity index (χ2n) is 6.41. The Hall–Kier alpha value is -2.33. The second kappa shape index (κ2) is 11.0. The van der Waals surface area contributed by atoms with Crippen LogP contribution in [0.2, 0.25) is 0 Å². The summed E-state index contributed by atoms with van der Waals surface area (Å²) in [5.41, 5.74) is 6.87. The first-order valence-electron chi connectivity index (χ1n) is 8.96. The maximum absolute atomic E-state index is 12.5. The van der Waals surface area contributed by atoms with Gasteiger partial charge in [-0.2, -0.15) is 16.9 Å². The van der Waals surface area contributed by atoms with Gasteiger partial charge in [-0.1, -0.05) is 12.1 Å². The van der Waals surface area contributed by atoms with Gasteiger partial charge in [-0.15, -0.1) is 0 Å². The van der Waals surface area contributed by atoms with Crippen molar-refractivity contribution in [2.24, 2.45) is 0 Å². The largest absolute Gasteiger partial charge is 0.340 e. The molecule has 29 heavy (non-hydrogen) atoms. The predicted octanol–water partition coefficient (Wildman–Crippen LogP) is 1.96. The van der Waals surface area contributed by atoms with E-state index >= 15 is 0 Å². The molecule has 1 heterocycles. The molecule has 156 valence electrons. The lowest BCUT2D eigenvalue weighted by molar-refractivity contribution is -0.130. The molecule has 8 nitrogen and oxygen atoms in total. The monoisotopic (exact) mass is 481 g/mol. The number of aryl methyl sites for hydroxylation is 2. The Labute approximate surface area is 182 Å². The Morgan fingerprint density at radius 2 is 1.93 bits per heavy atom. The summed E-state index contributed by atoms with van der Waals surface area (Å²) in [6.07, 6.45) is 2.34. The first-order chi connectivity index (χ1) is 13.8. The highest BCUT2D eigenvalue weighted by molar-refractivity contribution is 9.10. The molecule has 3 amide bonds. The molecule has 0 fully saturated rings. The molecule has 0 spiro atoms. The van der Waals surface area contributed by atoms with Crippen molar-refractivity contribution in [3.05, 3.63) is 51.8 Å². The fraction of sp³-hybridized carbons (Fsp3) is 0.368. The number of rotatable bonds is 8. The maximum atomic E-state index is 12.5. The molecule has 0 aliphatic rings. The molecule has 0 bridgehead atoms. The normalized spacial score (nSPS) is 11.6. The first kappa shape index (κ1) is 23.0. The summed E-state index contributed by atoms with van der Waals surface area (Å²) >= 11 is 4.90. The number of benzene rings is 1. The van der Waals surface area contributed by atoms with Crippen LogP contribution in [0, 0.1) is 13.8 Å². The van der Waals surface area contributed by atoms with E-state index in [0.29, 0.717) is 22.2 Å². The molecule has 0 radical (unpaired) electrons. The van der Waals surface area contributed by atoms with E-state index in [2.05, 4.69) is 37.2 Å². The van der Waals surface area contributed by atoms with Crippen LogP contribution in [-0.2, 0) is 16.1 Å². The van der Waals surface area contributed by atoms with Crippen LogP contribution in [-0.4, -0.2) is 45.6 Å². The molecule has 1 aromatic carbocycles. The number of thioether (sulfide) groups is 1. The van der Waals surface area contributed by atoms with E-state index in [0.717, 1.165) is 11.4 Å². The zero-order valence-electron chi connectivity index (χ0n) is 16.5. The average Bonchev–Trinajstić information content (AvgIpc) is 3.00. The average molecular weight is 482 g/mol. The molecule has 3 N–H and O–H groups in total. The van der Waals surface area contributed by atoms with Gasteiger partial charge < -0.3 is 5.32 Å². The lowest BCUT2D eigenvalue weighted by Crippen LogP contribution is -2.53. The van der Waals surface area contributed by atoms with Crippen LogP contribution >= 0.6 is 27.7 Å². The van der Waals surface area contributed by atoms with Crippen molar-refractivity contribution in [3.8, 4) is 0 Å². The van der Waals surface area contributed by atoms with Crippen molar-refractivity contribution < 1.29 is 14.4 Å². The zero-order chi connectivity index (χ0) is 21.4. The minimum absolute atomic E-state index is 0.0151. The number of hydrogen-bond acceptors (Lipinski definition) is 5. The molecule has 1 atom stereocenters. The van der Waals surface area contributed by atoms with E-state index in [1.807, 2.05) is 26.2 Å². The third-order valence-corrected chi connectivity index (χ3v) is 5.41. The molecule has 1 aromatic heterocycles. The Kier molecular flexibility index (Phi) is 8.71. The molecule has 0 saturated carbocycles. The number of hydrazine groups is 1. The number of carbonyl (C=O) groups is 3. The number of nitrogens with zero attached hydrogens (tertiary/aromatic N) is 2. The quantitative estimate of drug-likeness (QED) is 0.499. The number of nitrogens with one attached hydrogen (secondary N) is 3. The number of halogens is 1. The smallest absolute Gasteiger partial charge is 0.260 e. The molecule has 0 aliphatic carbocycles. The van der Waals surface area contributed by atoms with E-state index in [-0.39, 0.29) is 12.5 Å². The van der Waals surface area contributed by atoms with Gasteiger partial charge in [0.1, 0.15) is 12.6 Å². The van der Waals surface area contributed by atoms with Gasteiger partial charge in [-0.25, -0.2) is 0 Å². The summed E-state index contributed by atoms with van der Waals surface area (Å²) in [4.78, 5) is 37.2. The lowest BCUT2D eigenvalue weighted by atomic mass is 10.1. The Balaban J connectivity index is 1.95. The van der Waals surface area contributed by atoms with E-state index in [1.54, 1.807) is 40.7 Å². The van der Waals surface area contributed by atoms with Gasteiger partial charge in [-0.05, 0) is 66.4 Å². The Morgan fingerprint density at radius 3 is 2.55 bits per heavy atom. The van der Waals surface area contributed by atoms with Crippen molar-refractivity contribution in [1.82, 2.24) is 25.9 Å². The van der Waals surface area contributed by atoms with E-state index in [1.165, 1.54) is 0 Å². The number of carbonyl (C=O) groups excluding carboxylic acids is 3. The van der Waals surface area contributed by atoms with Crippen molar-refractivity contribution >= 4 is 45.4 Å². The molecule has 0 aliphatic heterocycles. The fourth-order valence-electron chi connectivity index (χ4n) is 2.61. The van der Waals surface area contributed by atoms with Crippen LogP contribution in [0.4, 0.5) is 0 Å². The summed E-state index contributed by atoms with van der Waals surface area (Å²) in [5, 5.41) is 6.94. The number of hydrogen-bond donors (Lipinski definition) is 3. The Bertz CT molecular complexity index is 886. The van der Waals surface area contributed by atoms with Gasteiger partial charge in [0.2, 0.25) is 0 Å². The lowest BCUT2D eigenvalue weighted by Gasteiger charge is -2.19. The maximum Gasteiger partial charge on any atom is 0.260 e. The van der Waals surface area contributed by atoms with Crippen molar-refractivity contribution in [2.45, 2.75) is 32.9 Å². The van der Waals surface area contributed by atoms with Gasteiger partial charge in [0.05, 0.1) is 11.3 Å². The highest BCUT2D eigenvalue weighted by atomic mass is 79.9. The van der Waals surface area contributed by atoms with Gasteiger partial charge in [0.15, 0.2) is 0 Å². The molecule has 10 heteroatoms. The van der Waals surface area contributed by atoms with Crippen LogP contribution < -0.4 is 16.2 Å². The highest BCUT2D eigenvalue weighted by Gasteiger charge is 2.22. The van der Waals surface area contributed by atoms with Gasteiger partial charge in [0.25, 0.3) is 17.7 Å². The van der Waals surface area contributed by atoms with E-state index in [9.17, 15) is 14.4 Å².